The molecule has 0 aliphatic carbocycles. The molecule has 1 aromatic rings. The monoisotopic (exact) mass is 400 g/mol. The summed E-state index contributed by atoms with van der Waals surface area (Å²) in [6.45, 7) is 4.10. The number of guanidine groups is 1. The molecule has 2 aliphatic rings. The molecule has 0 saturated carbocycles. The number of benzene rings is 1. The molecule has 114 valence electrons. The lowest BCUT2D eigenvalue weighted by atomic mass is 9.99. The Hall–Kier alpha value is -1.31. The molecule has 0 unspecified atom stereocenters. The summed E-state index contributed by atoms with van der Waals surface area (Å²) in [5, 5.41) is 3.31. The molecule has 21 heavy (non-hydrogen) atoms. The standard InChI is InChI=1S/C15H20N4O.HI/c1-18-10-7-16-15(18)17-8-11-19-9-6-12-4-2-3-5-13(12)14(19)20;/h2-5H,6-11H2,1H3,(H,16,17);1H. The largest absolute Gasteiger partial charge is 0.354 e. The van der Waals surface area contributed by atoms with E-state index < -0.39 is 0 Å². The summed E-state index contributed by atoms with van der Waals surface area (Å²) in [6, 6.07) is 7.90. The van der Waals surface area contributed by atoms with Gasteiger partial charge in [0, 0.05) is 38.8 Å². The van der Waals surface area contributed by atoms with Crippen molar-refractivity contribution in [1.82, 2.24) is 15.1 Å². The van der Waals surface area contributed by atoms with Crippen LogP contribution >= 0.6 is 24.0 Å². The highest BCUT2D eigenvalue weighted by molar-refractivity contribution is 14.0. The van der Waals surface area contributed by atoms with E-state index in [9.17, 15) is 4.79 Å². The number of aliphatic imine (C=N–C) groups is 1. The predicted molar refractivity (Wildman–Crippen MR) is 94.4 cm³/mol. The molecule has 0 bridgehead atoms. The van der Waals surface area contributed by atoms with Gasteiger partial charge in [0.25, 0.3) is 5.91 Å². The first-order valence-electron chi connectivity index (χ1n) is 7.12. The first kappa shape index (κ1) is 16.1. The van der Waals surface area contributed by atoms with Gasteiger partial charge in [-0.25, -0.2) is 0 Å². The molecule has 0 fully saturated rings. The summed E-state index contributed by atoms with van der Waals surface area (Å²) in [7, 11) is 2.03. The second-order valence-corrected chi connectivity index (χ2v) is 5.25. The predicted octanol–water partition coefficient (Wildman–Crippen LogP) is 1.19. The van der Waals surface area contributed by atoms with E-state index in [2.05, 4.69) is 15.2 Å². The third-order valence-electron chi connectivity index (χ3n) is 3.91. The first-order valence-corrected chi connectivity index (χ1v) is 7.12. The third kappa shape index (κ3) is 3.48. The summed E-state index contributed by atoms with van der Waals surface area (Å²) in [5.41, 5.74) is 2.02. The summed E-state index contributed by atoms with van der Waals surface area (Å²) in [4.78, 5) is 20.8. The molecule has 6 heteroatoms. The van der Waals surface area contributed by atoms with Gasteiger partial charge in [0.15, 0.2) is 5.96 Å². The molecule has 2 heterocycles. The van der Waals surface area contributed by atoms with E-state index >= 15 is 0 Å². The Morgan fingerprint density at radius 1 is 1.29 bits per heavy atom. The van der Waals surface area contributed by atoms with Crippen LogP contribution in [-0.4, -0.2) is 61.4 Å². The Morgan fingerprint density at radius 2 is 2.10 bits per heavy atom. The van der Waals surface area contributed by atoms with E-state index in [1.165, 1.54) is 5.56 Å². The molecule has 1 N–H and O–H groups in total. The maximum atomic E-state index is 12.4. The number of hydrogen-bond acceptors (Lipinski definition) is 4. The van der Waals surface area contributed by atoms with Gasteiger partial charge in [0.2, 0.25) is 0 Å². The number of likely N-dealkylation sites (N-methyl/N-ethyl adjacent to an activating group) is 1. The van der Waals surface area contributed by atoms with Crippen LogP contribution in [0.2, 0.25) is 0 Å². The fraction of sp³-hybridized carbons (Fsp3) is 0.467. The lowest BCUT2D eigenvalue weighted by Crippen LogP contribution is -2.44. The van der Waals surface area contributed by atoms with Gasteiger partial charge in [-0.15, -0.1) is 24.0 Å². The van der Waals surface area contributed by atoms with Crippen LogP contribution in [0.1, 0.15) is 15.9 Å². The number of nitrogens with one attached hydrogen (secondary N) is 1. The molecule has 0 atom stereocenters. The van der Waals surface area contributed by atoms with Crippen molar-refractivity contribution in [3.05, 3.63) is 35.4 Å². The number of halogens is 1. The van der Waals surface area contributed by atoms with E-state index in [-0.39, 0.29) is 29.9 Å². The zero-order chi connectivity index (χ0) is 13.9. The van der Waals surface area contributed by atoms with Crippen LogP contribution < -0.4 is 5.32 Å². The van der Waals surface area contributed by atoms with Crippen LogP contribution in [0, 0.1) is 0 Å². The minimum Gasteiger partial charge on any atom is -0.354 e. The smallest absolute Gasteiger partial charge is 0.254 e. The number of amides is 1. The van der Waals surface area contributed by atoms with Crippen molar-refractivity contribution in [1.29, 1.82) is 0 Å². The Morgan fingerprint density at radius 3 is 2.86 bits per heavy atom. The molecule has 0 radical (unpaired) electrons. The summed E-state index contributed by atoms with van der Waals surface area (Å²) in [5.74, 6) is 1.09. The molecule has 2 aliphatic heterocycles. The van der Waals surface area contributed by atoms with Gasteiger partial charge in [-0.3, -0.25) is 9.79 Å². The van der Waals surface area contributed by atoms with E-state index in [1.807, 2.05) is 36.2 Å². The Labute approximate surface area is 142 Å². The van der Waals surface area contributed by atoms with Gasteiger partial charge in [0.1, 0.15) is 0 Å². The quantitative estimate of drug-likeness (QED) is 0.776. The Kier molecular flexibility index (Phi) is 5.44. The number of fused-ring (bicyclic) bond motifs is 1. The zero-order valence-electron chi connectivity index (χ0n) is 12.2. The average Bonchev–Trinajstić information content (AvgIpc) is 2.87. The molecular formula is C15H21IN4O. The fourth-order valence-corrected chi connectivity index (χ4v) is 2.71. The molecule has 5 nitrogen and oxygen atoms in total. The topological polar surface area (TPSA) is 47.9 Å². The lowest BCUT2D eigenvalue weighted by Gasteiger charge is -2.29. The van der Waals surface area contributed by atoms with E-state index in [4.69, 9.17) is 0 Å². The highest BCUT2D eigenvalue weighted by atomic mass is 127. The first-order chi connectivity index (χ1) is 9.75. The third-order valence-corrected chi connectivity index (χ3v) is 3.91. The van der Waals surface area contributed by atoms with Crippen LogP contribution in [0.3, 0.4) is 0 Å². The van der Waals surface area contributed by atoms with Crippen LogP contribution in [-0.2, 0) is 6.42 Å². The second kappa shape index (κ2) is 7.11. The van der Waals surface area contributed by atoms with Gasteiger partial charge in [0.05, 0.1) is 6.54 Å². The highest BCUT2D eigenvalue weighted by Crippen LogP contribution is 2.17. The van der Waals surface area contributed by atoms with Crippen molar-refractivity contribution in [2.24, 2.45) is 4.99 Å². The summed E-state index contributed by atoms with van der Waals surface area (Å²) in [6.07, 6.45) is 0.947. The Bertz CT molecular complexity index is 546. The highest BCUT2D eigenvalue weighted by Gasteiger charge is 2.23. The molecule has 1 amide bonds. The van der Waals surface area contributed by atoms with Gasteiger partial charge in [-0.05, 0) is 18.1 Å². The Balaban J connectivity index is 0.00000161. The van der Waals surface area contributed by atoms with Crippen molar-refractivity contribution in [2.45, 2.75) is 6.42 Å². The van der Waals surface area contributed by atoms with Gasteiger partial charge in [-0.1, -0.05) is 18.2 Å². The van der Waals surface area contributed by atoms with Crippen LogP contribution in [0.5, 0.6) is 0 Å². The second-order valence-electron chi connectivity index (χ2n) is 5.25. The maximum absolute atomic E-state index is 12.4. The number of carbonyl (C=O) groups is 1. The van der Waals surface area contributed by atoms with Crippen LogP contribution in [0.4, 0.5) is 0 Å². The minimum absolute atomic E-state index is 0. The molecule has 0 aromatic heterocycles. The van der Waals surface area contributed by atoms with Gasteiger partial charge >= 0.3 is 0 Å². The van der Waals surface area contributed by atoms with E-state index in [1.54, 1.807) is 0 Å². The van der Waals surface area contributed by atoms with E-state index in [0.717, 1.165) is 50.7 Å². The molecule has 0 saturated heterocycles. The molecule has 0 spiro atoms. The number of rotatable bonds is 3. The fourth-order valence-electron chi connectivity index (χ4n) is 2.71. The zero-order valence-corrected chi connectivity index (χ0v) is 14.5. The molecular weight excluding hydrogens is 379 g/mol. The number of hydrogen-bond donors (Lipinski definition) is 1. The summed E-state index contributed by atoms with van der Waals surface area (Å²) >= 11 is 0. The van der Waals surface area contributed by atoms with Crippen LogP contribution in [0.25, 0.3) is 0 Å². The van der Waals surface area contributed by atoms with Crippen molar-refractivity contribution in [3.8, 4) is 0 Å². The van der Waals surface area contributed by atoms with E-state index in [0.29, 0.717) is 0 Å². The number of nitrogens with zero attached hydrogens (tertiary/aromatic N) is 3. The van der Waals surface area contributed by atoms with Crippen molar-refractivity contribution < 1.29 is 4.79 Å². The minimum atomic E-state index is 0. The average molecular weight is 400 g/mol. The maximum Gasteiger partial charge on any atom is 0.254 e. The van der Waals surface area contributed by atoms with Crippen molar-refractivity contribution in [2.75, 3.05) is 39.8 Å². The SMILES string of the molecule is CN1CCN=C1NCCN1CCc2ccccc2C1=O.I. The van der Waals surface area contributed by atoms with Crippen molar-refractivity contribution >= 4 is 35.8 Å². The summed E-state index contributed by atoms with van der Waals surface area (Å²) < 4.78 is 0. The van der Waals surface area contributed by atoms with Gasteiger partial charge < -0.3 is 15.1 Å². The molecule has 3 rings (SSSR count). The number of carbonyl (C=O) groups excluding carboxylic acids is 1. The van der Waals surface area contributed by atoms with Gasteiger partial charge in [-0.2, -0.15) is 0 Å². The molecule has 1 aromatic carbocycles. The van der Waals surface area contributed by atoms with Crippen molar-refractivity contribution in [3.63, 3.8) is 0 Å². The normalized spacial score (nSPS) is 17.2. The van der Waals surface area contributed by atoms with Crippen LogP contribution in [0.15, 0.2) is 29.3 Å². The lowest BCUT2D eigenvalue weighted by molar-refractivity contribution is 0.0743.